The maximum absolute atomic E-state index is 5.87. The van der Waals surface area contributed by atoms with Gasteiger partial charge in [-0.25, -0.2) is 0 Å². The molecular formula is C13H25N3. The highest BCUT2D eigenvalue weighted by atomic mass is 15.3. The molecule has 0 aliphatic carbocycles. The third kappa shape index (κ3) is 3.08. The number of hydrogen-bond acceptors (Lipinski definition) is 2. The van der Waals surface area contributed by atoms with Gasteiger partial charge < -0.3 is 5.73 Å². The van der Waals surface area contributed by atoms with Gasteiger partial charge in [-0.1, -0.05) is 27.7 Å². The summed E-state index contributed by atoms with van der Waals surface area (Å²) in [5.74, 6) is 0.507. The van der Waals surface area contributed by atoms with E-state index in [0.29, 0.717) is 5.92 Å². The second-order valence-corrected chi connectivity index (χ2v) is 5.61. The van der Waals surface area contributed by atoms with Crippen molar-refractivity contribution in [3.8, 4) is 0 Å². The SMILES string of the molecule is CCc1cc(CC(CN)C(C)(C)C)n(C)n1. The van der Waals surface area contributed by atoms with Crippen LogP contribution in [0.3, 0.4) is 0 Å². The molecule has 0 radical (unpaired) electrons. The van der Waals surface area contributed by atoms with Crippen LogP contribution in [0, 0.1) is 11.3 Å². The maximum atomic E-state index is 5.87. The van der Waals surface area contributed by atoms with Crippen molar-refractivity contribution in [1.29, 1.82) is 0 Å². The average Bonchev–Trinajstić information content (AvgIpc) is 2.54. The molecule has 16 heavy (non-hydrogen) atoms. The molecule has 0 aliphatic rings. The van der Waals surface area contributed by atoms with E-state index in [0.717, 1.165) is 19.4 Å². The van der Waals surface area contributed by atoms with Crippen LogP contribution in [0.5, 0.6) is 0 Å². The van der Waals surface area contributed by atoms with E-state index in [1.807, 2.05) is 11.7 Å². The van der Waals surface area contributed by atoms with Gasteiger partial charge in [0.25, 0.3) is 0 Å². The molecule has 1 aromatic rings. The summed E-state index contributed by atoms with van der Waals surface area (Å²) in [5, 5.41) is 4.47. The van der Waals surface area contributed by atoms with E-state index >= 15 is 0 Å². The predicted octanol–water partition coefficient (Wildman–Crippen LogP) is 2.15. The van der Waals surface area contributed by atoms with Gasteiger partial charge in [0, 0.05) is 12.7 Å². The average molecular weight is 223 g/mol. The third-order valence-electron chi connectivity index (χ3n) is 3.35. The number of aromatic nitrogens is 2. The van der Waals surface area contributed by atoms with Crippen molar-refractivity contribution in [2.45, 2.75) is 40.5 Å². The Labute approximate surface area is 99.0 Å². The Bertz CT molecular complexity index is 333. The van der Waals surface area contributed by atoms with Crippen LogP contribution < -0.4 is 5.73 Å². The van der Waals surface area contributed by atoms with Crippen molar-refractivity contribution < 1.29 is 0 Å². The van der Waals surface area contributed by atoms with Gasteiger partial charge >= 0.3 is 0 Å². The third-order valence-corrected chi connectivity index (χ3v) is 3.35. The first-order valence-corrected chi connectivity index (χ1v) is 6.10. The zero-order valence-electron chi connectivity index (χ0n) is 11.2. The Balaban J connectivity index is 2.82. The molecule has 3 heteroatoms. The van der Waals surface area contributed by atoms with Crippen LogP contribution in [0.25, 0.3) is 0 Å². The zero-order chi connectivity index (χ0) is 12.3. The molecule has 0 fully saturated rings. The molecule has 0 saturated carbocycles. The van der Waals surface area contributed by atoms with Gasteiger partial charge in [0.1, 0.15) is 0 Å². The molecule has 2 N–H and O–H groups in total. The lowest BCUT2D eigenvalue weighted by atomic mass is 9.78. The number of rotatable bonds is 4. The number of nitrogens with two attached hydrogens (primary N) is 1. The van der Waals surface area contributed by atoms with Gasteiger partial charge in [0.15, 0.2) is 0 Å². The zero-order valence-corrected chi connectivity index (χ0v) is 11.2. The monoisotopic (exact) mass is 223 g/mol. The molecule has 1 aromatic heterocycles. The fourth-order valence-corrected chi connectivity index (χ4v) is 1.93. The van der Waals surface area contributed by atoms with Crippen molar-refractivity contribution in [3.05, 3.63) is 17.5 Å². The van der Waals surface area contributed by atoms with E-state index in [1.165, 1.54) is 11.4 Å². The lowest BCUT2D eigenvalue weighted by molar-refractivity contribution is 0.242. The van der Waals surface area contributed by atoms with Crippen molar-refractivity contribution in [3.63, 3.8) is 0 Å². The summed E-state index contributed by atoms with van der Waals surface area (Å²) in [6, 6.07) is 2.20. The lowest BCUT2D eigenvalue weighted by Gasteiger charge is -2.29. The Hall–Kier alpha value is -0.830. The summed E-state index contributed by atoms with van der Waals surface area (Å²) >= 11 is 0. The van der Waals surface area contributed by atoms with Gasteiger partial charge in [-0.05, 0) is 36.8 Å². The molecule has 0 bridgehead atoms. The van der Waals surface area contributed by atoms with Crippen molar-refractivity contribution >= 4 is 0 Å². The van der Waals surface area contributed by atoms with E-state index in [-0.39, 0.29) is 5.41 Å². The Morgan fingerprint density at radius 2 is 2.06 bits per heavy atom. The van der Waals surface area contributed by atoms with Gasteiger partial charge in [0.05, 0.1) is 5.69 Å². The molecule has 0 amide bonds. The normalized spacial score (nSPS) is 14.1. The highest BCUT2D eigenvalue weighted by Crippen LogP contribution is 2.28. The summed E-state index contributed by atoms with van der Waals surface area (Å²) in [7, 11) is 2.02. The van der Waals surface area contributed by atoms with E-state index in [2.05, 4.69) is 38.9 Å². The molecule has 1 unspecified atom stereocenters. The standard InChI is InChI=1S/C13H25N3/c1-6-11-8-12(16(5)15-11)7-10(9-14)13(2,3)4/h8,10H,6-7,9,14H2,1-5H3. The molecule has 0 saturated heterocycles. The van der Waals surface area contributed by atoms with Gasteiger partial charge in [-0.15, -0.1) is 0 Å². The first-order valence-electron chi connectivity index (χ1n) is 6.10. The second-order valence-electron chi connectivity index (χ2n) is 5.61. The summed E-state index contributed by atoms with van der Waals surface area (Å²) in [5.41, 5.74) is 8.58. The molecular weight excluding hydrogens is 198 g/mol. The van der Waals surface area contributed by atoms with Gasteiger partial charge in [-0.2, -0.15) is 5.10 Å². The first-order chi connectivity index (χ1) is 7.38. The van der Waals surface area contributed by atoms with E-state index in [9.17, 15) is 0 Å². The minimum Gasteiger partial charge on any atom is -0.330 e. The van der Waals surface area contributed by atoms with Crippen LogP contribution in [-0.2, 0) is 19.9 Å². The van der Waals surface area contributed by atoms with Gasteiger partial charge in [0.2, 0.25) is 0 Å². The van der Waals surface area contributed by atoms with Crippen molar-refractivity contribution in [1.82, 2.24) is 9.78 Å². The van der Waals surface area contributed by atoms with Crippen molar-refractivity contribution in [2.24, 2.45) is 24.1 Å². The lowest BCUT2D eigenvalue weighted by Crippen LogP contribution is -2.30. The summed E-state index contributed by atoms with van der Waals surface area (Å²) in [6.45, 7) is 9.62. The topological polar surface area (TPSA) is 43.8 Å². The maximum Gasteiger partial charge on any atom is 0.0624 e. The Kier molecular flexibility index (Phi) is 4.14. The Morgan fingerprint density at radius 1 is 1.44 bits per heavy atom. The van der Waals surface area contributed by atoms with E-state index in [4.69, 9.17) is 5.73 Å². The molecule has 0 aliphatic heterocycles. The van der Waals surface area contributed by atoms with Crippen LogP contribution in [-0.4, -0.2) is 16.3 Å². The van der Waals surface area contributed by atoms with Crippen LogP contribution in [0.2, 0.25) is 0 Å². The molecule has 1 rings (SSSR count). The fourth-order valence-electron chi connectivity index (χ4n) is 1.93. The molecule has 1 heterocycles. The Morgan fingerprint density at radius 3 is 2.44 bits per heavy atom. The highest BCUT2D eigenvalue weighted by molar-refractivity contribution is 5.11. The van der Waals surface area contributed by atoms with Crippen LogP contribution in [0.4, 0.5) is 0 Å². The van der Waals surface area contributed by atoms with Gasteiger partial charge in [-0.3, -0.25) is 4.68 Å². The highest BCUT2D eigenvalue weighted by Gasteiger charge is 2.24. The number of nitrogens with zero attached hydrogens (tertiary/aromatic N) is 2. The van der Waals surface area contributed by atoms with Crippen molar-refractivity contribution in [2.75, 3.05) is 6.54 Å². The summed E-state index contributed by atoms with van der Waals surface area (Å²) < 4.78 is 1.99. The van der Waals surface area contributed by atoms with E-state index in [1.54, 1.807) is 0 Å². The summed E-state index contributed by atoms with van der Waals surface area (Å²) in [6.07, 6.45) is 2.01. The first kappa shape index (κ1) is 13.2. The largest absolute Gasteiger partial charge is 0.330 e. The molecule has 3 nitrogen and oxygen atoms in total. The second kappa shape index (κ2) is 5.00. The van der Waals surface area contributed by atoms with Crippen LogP contribution in [0.15, 0.2) is 6.07 Å². The molecule has 1 atom stereocenters. The van der Waals surface area contributed by atoms with Crippen LogP contribution >= 0.6 is 0 Å². The van der Waals surface area contributed by atoms with E-state index < -0.39 is 0 Å². The quantitative estimate of drug-likeness (QED) is 0.850. The minimum atomic E-state index is 0.255. The minimum absolute atomic E-state index is 0.255. The van der Waals surface area contributed by atoms with Crippen LogP contribution in [0.1, 0.15) is 39.1 Å². The molecule has 92 valence electrons. The number of aryl methyl sites for hydroxylation is 2. The smallest absolute Gasteiger partial charge is 0.0624 e. The summed E-state index contributed by atoms with van der Waals surface area (Å²) in [4.78, 5) is 0. The molecule has 0 spiro atoms. The molecule has 0 aromatic carbocycles. The predicted molar refractivity (Wildman–Crippen MR) is 68.3 cm³/mol. The fraction of sp³-hybridized carbons (Fsp3) is 0.769. The number of hydrogen-bond donors (Lipinski definition) is 1.